The second-order valence-corrected chi connectivity index (χ2v) is 6.88. The Labute approximate surface area is 139 Å². The summed E-state index contributed by atoms with van der Waals surface area (Å²) in [6.07, 6.45) is 0. The number of aryl methyl sites for hydroxylation is 4. The first-order valence-electron chi connectivity index (χ1n) is 7.41. The molecule has 3 aromatic rings. The predicted octanol–water partition coefficient (Wildman–Crippen LogP) is 4.36. The van der Waals surface area contributed by atoms with Crippen molar-refractivity contribution in [2.45, 2.75) is 27.7 Å². The minimum absolute atomic E-state index is 0.184. The topological polar surface area (TPSA) is 68.0 Å². The van der Waals surface area contributed by atoms with E-state index in [1.807, 2.05) is 52.0 Å². The number of hydrogen-bond donors (Lipinski definition) is 2. The summed E-state index contributed by atoms with van der Waals surface area (Å²) >= 11 is 1.34. The highest BCUT2D eigenvalue weighted by molar-refractivity contribution is 7.21. The van der Waals surface area contributed by atoms with Crippen LogP contribution in [0.3, 0.4) is 0 Å². The molecule has 0 saturated heterocycles. The molecule has 0 aliphatic carbocycles. The number of nitrogens with zero attached hydrogens (tertiary/aromatic N) is 1. The molecule has 0 fully saturated rings. The highest BCUT2D eigenvalue weighted by Crippen LogP contribution is 2.35. The molecule has 0 aliphatic heterocycles. The first kappa shape index (κ1) is 15.5. The molecule has 0 atom stereocenters. The molecular weight excluding hydrogens is 306 g/mol. The van der Waals surface area contributed by atoms with Crippen LogP contribution >= 0.6 is 11.3 Å². The Kier molecular flexibility index (Phi) is 3.82. The molecule has 0 aliphatic rings. The minimum Gasteiger partial charge on any atom is -0.397 e. The van der Waals surface area contributed by atoms with Gasteiger partial charge in [0.15, 0.2) is 0 Å². The second-order valence-electron chi connectivity index (χ2n) is 5.88. The number of carbonyl (C=O) groups is 1. The van der Waals surface area contributed by atoms with Crippen LogP contribution in [0, 0.1) is 27.7 Å². The van der Waals surface area contributed by atoms with Crippen molar-refractivity contribution >= 4 is 38.8 Å². The highest BCUT2D eigenvalue weighted by Gasteiger charge is 2.19. The fourth-order valence-corrected chi connectivity index (χ4v) is 3.80. The molecule has 23 heavy (non-hydrogen) atoms. The Bertz CT molecular complexity index is 928. The molecule has 4 nitrogen and oxygen atoms in total. The number of anilines is 2. The molecule has 118 valence electrons. The molecule has 0 unspecified atom stereocenters. The zero-order chi connectivity index (χ0) is 16.7. The van der Waals surface area contributed by atoms with E-state index in [0.717, 1.165) is 38.3 Å². The largest absolute Gasteiger partial charge is 0.397 e. The van der Waals surface area contributed by atoms with Crippen molar-refractivity contribution < 1.29 is 4.79 Å². The van der Waals surface area contributed by atoms with Crippen LogP contribution in [0.4, 0.5) is 11.4 Å². The van der Waals surface area contributed by atoms with E-state index in [0.29, 0.717) is 10.6 Å². The van der Waals surface area contributed by atoms with Crippen molar-refractivity contribution in [2.24, 2.45) is 0 Å². The van der Waals surface area contributed by atoms with Crippen LogP contribution in [0.25, 0.3) is 10.2 Å². The van der Waals surface area contributed by atoms with E-state index < -0.39 is 0 Å². The third kappa shape index (κ3) is 2.80. The maximum absolute atomic E-state index is 12.7. The van der Waals surface area contributed by atoms with E-state index in [1.165, 1.54) is 11.3 Å². The Hall–Kier alpha value is -2.40. The molecule has 1 amide bonds. The number of pyridine rings is 1. The predicted molar refractivity (Wildman–Crippen MR) is 97.4 cm³/mol. The van der Waals surface area contributed by atoms with Gasteiger partial charge < -0.3 is 11.1 Å². The standard InChI is InChI=1S/C18H19N3OS/c1-9-5-6-10(2)13(7-9)21-17(22)16-15(19)14-11(3)8-12(4)20-18(14)23-16/h5-8H,19H2,1-4H3,(H,21,22). The van der Waals surface area contributed by atoms with E-state index >= 15 is 0 Å². The van der Waals surface area contributed by atoms with Gasteiger partial charge in [-0.2, -0.15) is 0 Å². The quantitative estimate of drug-likeness (QED) is 0.735. The number of hydrogen-bond acceptors (Lipinski definition) is 4. The molecule has 0 spiro atoms. The second kappa shape index (κ2) is 5.66. The number of thiophene rings is 1. The van der Waals surface area contributed by atoms with Crippen LogP contribution in [0.15, 0.2) is 24.3 Å². The van der Waals surface area contributed by atoms with Crippen molar-refractivity contribution in [1.82, 2.24) is 4.98 Å². The summed E-state index contributed by atoms with van der Waals surface area (Å²) in [5, 5.41) is 3.85. The number of fused-ring (bicyclic) bond motifs is 1. The van der Waals surface area contributed by atoms with Crippen LogP contribution in [0.5, 0.6) is 0 Å². The molecule has 3 N–H and O–H groups in total. The van der Waals surface area contributed by atoms with Crippen LogP contribution in [-0.4, -0.2) is 10.9 Å². The number of aromatic nitrogens is 1. The van der Waals surface area contributed by atoms with E-state index in [4.69, 9.17) is 5.73 Å². The van der Waals surface area contributed by atoms with Crippen LogP contribution < -0.4 is 11.1 Å². The third-order valence-electron chi connectivity index (χ3n) is 3.87. The number of nitrogens with one attached hydrogen (secondary N) is 1. The van der Waals surface area contributed by atoms with E-state index in [1.54, 1.807) is 0 Å². The monoisotopic (exact) mass is 325 g/mol. The third-order valence-corrected chi connectivity index (χ3v) is 4.97. The first-order chi connectivity index (χ1) is 10.9. The number of nitrogens with two attached hydrogens (primary N) is 1. The maximum atomic E-state index is 12.7. The van der Waals surface area contributed by atoms with Gasteiger partial charge in [0, 0.05) is 16.8 Å². The summed E-state index contributed by atoms with van der Waals surface area (Å²) < 4.78 is 0. The van der Waals surface area contributed by atoms with Gasteiger partial charge in [-0.3, -0.25) is 4.79 Å². The fraction of sp³-hybridized carbons (Fsp3) is 0.222. The Morgan fingerprint density at radius 3 is 2.61 bits per heavy atom. The van der Waals surface area contributed by atoms with Crippen molar-refractivity contribution in [1.29, 1.82) is 0 Å². The van der Waals surface area contributed by atoms with Crippen molar-refractivity contribution in [3.63, 3.8) is 0 Å². The number of rotatable bonds is 2. The summed E-state index contributed by atoms with van der Waals surface area (Å²) in [4.78, 5) is 18.5. The summed E-state index contributed by atoms with van der Waals surface area (Å²) in [7, 11) is 0. The van der Waals surface area contributed by atoms with Crippen LogP contribution in [0.2, 0.25) is 0 Å². The molecule has 0 radical (unpaired) electrons. The zero-order valence-electron chi connectivity index (χ0n) is 13.7. The van der Waals surface area contributed by atoms with Gasteiger partial charge >= 0.3 is 0 Å². The highest BCUT2D eigenvalue weighted by atomic mass is 32.1. The summed E-state index contributed by atoms with van der Waals surface area (Å²) in [5.74, 6) is -0.184. The first-order valence-corrected chi connectivity index (χ1v) is 8.23. The van der Waals surface area contributed by atoms with Gasteiger partial charge in [0.25, 0.3) is 5.91 Å². The van der Waals surface area contributed by atoms with Gasteiger partial charge in [0.05, 0.1) is 5.69 Å². The van der Waals surface area contributed by atoms with Crippen molar-refractivity contribution in [3.05, 3.63) is 51.5 Å². The molecule has 3 rings (SSSR count). The summed E-state index contributed by atoms with van der Waals surface area (Å²) in [6.45, 7) is 7.90. The Morgan fingerprint density at radius 1 is 1.13 bits per heavy atom. The van der Waals surface area contributed by atoms with Crippen molar-refractivity contribution in [3.8, 4) is 0 Å². The molecule has 5 heteroatoms. The van der Waals surface area contributed by atoms with E-state index in [-0.39, 0.29) is 5.91 Å². The average Bonchev–Trinajstić information content (AvgIpc) is 2.80. The Balaban J connectivity index is 2.03. The van der Waals surface area contributed by atoms with Gasteiger partial charge in [-0.1, -0.05) is 12.1 Å². The normalized spacial score (nSPS) is 11.0. The lowest BCUT2D eigenvalue weighted by Gasteiger charge is -2.09. The van der Waals surface area contributed by atoms with Gasteiger partial charge in [0.1, 0.15) is 9.71 Å². The van der Waals surface area contributed by atoms with Gasteiger partial charge in [-0.25, -0.2) is 4.98 Å². The molecule has 2 aromatic heterocycles. The lowest BCUT2D eigenvalue weighted by atomic mass is 10.1. The van der Waals surface area contributed by atoms with Crippen LogP contribution in [-0.2, 0) is 0 Å². The summed E-state index contributed by atoms with van der Waals surface area (Å²) in [5.41, 5.74) is 11.6. The minimum atomic E-state index is -0.184. The molecule has 0 bridgehead atoms. The number of nitrogen functional groups attached to an aromatic ring is 1. The van der Waals surface area contributed by atoms with Gasteiger partial charge in [0.2, 0.25) is 0 Å². The van der Waals surface area contributed by atoms with Gasteiger partial charge in [-0.05, 0) is 56.5 Å². The number of carbonyl (C=O) groups excluding carboxylic acids is 1. The number of amides is 1. The average molecular weight is 325 g/mol. The lowest BCUT2D eigenvalue weighted by Crippen LogP contribution is -2.13. The molecule has 1 aromatic carbocycles. The van der Waals surface area contributed by atoms with Crippen molar-refractivity contribution in [2.75, 3.05) is 11.1 Å². The SMILES string of the molecule is Cc1ccc(C)c(NC(=O)c2sc3nc(C)cc(C)c3c2N)c1. The lowest BCUT2D eigenvalue weighted by molar-refractivity contribution is 0.103. The van der Waals surface area contributed by atoms with Crippen LogP contribution in [0.1, 0.15) is 32.1 Å². The molecular formula is C18H19N3OS. The smallest absolute Gasteiger partial charge is 0.267 e. The molecule has 2 heterocycles. The maximum Gasteiger partial charge on any atom is 0.267 e. The number of benzene rings is 1. The zero-order valence-corrected chi connectivity index (χ0v) is 14.5. The van der Waals surface area contributed by atoms with Gasteiger partial charge in [-0.15, -0.1) is 11.3 Å². The van der Waals surface area contributed by atoms with E-state index in [9.17, 15) is 4.79 Å². The molecule has 0 saturated carbocycles. The Morgan fingerprint density at radius 2 is 1.87 bits per heavy atom. The summed E-state index contributed by atoms with van der Waals surface area (Å²) in [6, 6.07) is 7.96. The van der Waals surface area contributed by atoms with E-state index in [2.05, 4.69) is 10.3 Å². The fourth-order valence-electron chi connectivity index (χ4n) is 2.69.